The van der Waals surface area contributed by atoms with Crippen LogP contribution in [0.4, 0.5) is 0 Å². The van der Waals surface area contributed by atoms with Crippen LogP contribution in [0.15, 0.2) is 12.2 Å². The molecule has 0 aromatic heterocycles. The number of esters is 2. The Morgan fingerprint density at radius 2 is 1.93 bits per heavy atom. The van der Waals surface area contributed by atoms with Crippen LogP contribution >= 0.6 is 0 Å². The Hall–Kier alpha value is -1.32. The highest BCUT2D eigenvalue weighted by molar-refractivity contribution is 5.86. The molecule has 1 unspecified atom stereocenters. The van der Waals surface area contributed by atoms with E-state index >= 15 is 0 Å². The second-order valence-electron chi connectivity index (χ2n) is 3.02. The van der Waals surface area contributed by atoms with Gasteiger partial charge in [0.15, 0.2) is 0 Å². The van der Waals surface area contributed by atoms with Gasteiger partial charge in [-0.1, -0.05) is 13.5 Å². The predicted molar refractivity (Wildman–Crippen MR) is 51.6 cm³/mol. The first-order chi connectivity index (χ1) is 6.47. The van der Waals surface area contributed by atoms with Gasteiger partial charge in [-0.3, -0.25) is 4.79 Å². The molecule has 0 spiro atoms. The number of hydrogen-bond acceptors (Lipinski definition) is 4. The summed E-state index contributed by atoms with van der Waals surface area (Å²) in [6.07, 6.45) is 0.249. The number of hydrogen-bond donors (Lipinski definition) is 0. The number of ether oxygens (including phenoxy) is 2. The lowest BCUT2D eigenvalue weighted by molar-refractivity contribution is -0.155. The van der Waals surface area contributed by atoms with E-state index in [1.54, 1.807) is 6.92 Å². The van der Waals surface area contributed by atoms with Crippen molar-refractivity contribution in [1.82, 2.24) is 0 Å². The molecule has 0 aliphatic carbocycles. The summed E-state index contributed by atoms with van der Waals surface area (Å²) in [6, 6.07) is 0. The van der Waals surface area contributed by atoms with E-state index in [1.807, 2.05) is 6.92 Å². The third-order valence-corrected chi connectivity index (χ3v) is 1.54. The van der Waals surface area contributed by atoms with Crippen molar-refractivity contribution < 1.29 is 19.1 Å². The summed E-state index contributed by atoms with van der Waals surface area (Å²) in [6.45, 7) is 8.26. The fourth-order valence-electron chi connectivity index (χ4n) is 0.762. The Balaban J connectivity index is 3.89. The highest BCUT2D eigenvalue weighted by Gasteiger charge is 2.12. The van der Waals surface area contributed by atoms with Crippen molar-refractivity contribution in [2.24, 2.45) is 0 Å². The van der Waals surface area contributed by atoms with Crippen molar-refractivity contribution in [3.8, 4) is 0 Å². The molecule has 0 N–H and O–H groups in total. The molecule has 0 amide bonds. The van der Waals surface area contributed by atoms with E-state index in [0.717, 1.165) is 0 Å². The van der Waals surface area contributed by atoms with Crippen molar-refractivity contribution in [1.29, 1.82) is 0 Å². The van der Waals surface area contributed by atoms with Gasteiger partial charge in [-0.05, 0) is 13.3 Å². The second-order valence-corrected chi connectivity index (χ2v) is 3.02. The SMILES string of the molecule is C=C(C)C(=O)OCC(CC)OC(C)=O. The largest absolute Gasteiger partial charge is 0.459 e. The molecule has 0 saturated heterocycles. The van der Waals surface area contributed by atoms with Gasteiger partial charge in [-0.2, -0.15) is 0 Å². The normalized spacial score (nSPS) is 11.6. The van der Waals surface area contributed by atoms with Crippen molar-refractivity contribution in [2.75, 3.05) is 6.61 Å². The highest BCUT2D eigenvalue weighted by atomic mass is 16.6. The first kappa shape index (κ1) is 12.7. The summed E-state index contributed by atoms with van der Waals surface area (Å²) in [5, 5.41) is 0. The van der Waals surface area contributed by atoms with E-state index in [0.29, 0.717) is 12.0 Å². The van der Waals surface area contributed by atoms with Gasteiger partial charge in [0.2, 0.25) is 0 Å². The lowest BCUT2D eigenvalue weighted by Crippen LogP contribution is -2.23. The minimum absolute atomic E-state index is 0.0851. The van der Waals surface area contributed by atoms with Crippen LogP contribution in [-0.4, -0.2) is 24.6 Å². The van der Waals surface area contributed by atoms with Gasteiger partial charge >= 0.3 is 11.9 Å². The monoisotopic (exact) mass is 200 g/mol. The molecule has 0 aromatic carbocycles. The lowest BCUT2D eigenvalue weighted by Gasteiger charge is -2.14. The molecule has 0 aromatic rings. The van der Waals surface area contributed by atoms with Crippen LogP contribution < -0.4 is 0 Å². The number of rotatable bonds is 5. The average Bonchev–Trinajstić information content (AvgIpc) is 2.10. The second kappa shape index (κ2) is 6.18. The maximum absolute atomic E-state index is 11.0. The number of carbonyl (C=O) groups excluding carboxylic acids is 2. The minimum Gasteiger partial charge on any atom is -0.459 e. The van der Waals surface area contributed by atoms with Crippen LogP contribution in [0.3, 0.4) is 0 Å². The molecule has 0 aliphatic rings. The van der Waals surface area contributed by atoms with Gasteiger partial charge < -0.3 is 9.47 Å². The van der Waals surface area contributed by atoms with Crippen LogP contribution in [0.2, 0.25) is 0 Å². The maximum atomic E-state index is 11.0. The van der Waals surface area contributed by atoms with Gasteiger partial charge in [-0.15, -0.1) is 0 Å². The molecular formula is C10H16O4. The molecule has 0 fully saturated rings. The Kier molecular flexibility index (Phi) is 5.60. The third kappa shape index (κ3) is 5.35. The average molecular weight is 200 g/mol. The van der Waals surface area contributed by atoms with Gasteiger partial charge in [0.05, 0.1) is 0 Å². The van der Waals surface area contributed by atoms with Crippen LogP contribution in [0.1, 0.15) is 27.2 Å². The molecule has 1 atom stereocenters. The summed E-state index contributed by atoms with van der Waals surface area (Å²) >= 11 is 0. The fourth-order valence-corrected chi connectivity index (χ4v) is 0.762. The zero-order chi connectivity index (χ0) is 11.1. The van der Waals surface area contributed by atoms with Crippen molar-refractivity contribution in [2.45, 2.75) is 33.3 Å². The van der Waals surface area contributed by atoms with Crippen LogP contribution in [-0.2, 0) is 19.1 Å². The van der Waals surface area contributed by atoms with Gasteiger partial charge in [0, 0.05) is 12.5 Å². The first-order valence-corrected chi connectivity index (χ1v) is 4.47. The first-order valence-electron chi connectivity index (χ1n) is 4.47. The molecule has 80 valence electrons. The molecule has 4 nitrogen and oxygen atoms in total. The zero-order valence-corrected chi connectivity index (χ0v) is 8.83. The molecule has 4 heteroatoms. The van der Waals surface area contributed by atoms with Crippen molar-refractivity contribution >= 4 is 11.9 Å². The molecule has 0 rings (SSSR count). The van der Waals surface area contributed by atoms with E-state index in [1.165, 1.54) is 6.92 Å². The summed E-state index contributed by atoms with van der Waals surface area (Å²) in [4.78, 5) is 21.6. The summed E-state index contributed by atoms with van der Waals surface area (Å²) in [5.41, 5.74) is 0.336. The Morgan fingerprint density at radius 3 is 2.29 bits per heavy atom. The predicted octanol–water partition coefficient (Wildman–Crippen LogP) is 1.45. The van der Waals surface area contributed by atoms with Crippen LogP contribution in [0, 0.1) is 0 Å². The van der Waals surface area contributed by atoms with E-state index in [2.05, 4.69) is 6.58 Å². The highest BCUT2D eigenvalue weighted by Crippen LogP contribution is 2.01. The molecule has 0 heterocycles. The van der Waals surface area contributed by atoms with Gasteiger partial charge in [0.1, 0.15) is 12.7 Å². The Bertz CT molecular complexity index is 232. The van der Waals surface area contributed by atoms with Gasteiger partial charge in [0.25, 0.3) is 0 Å². The topological polar surface area (TPSA) is 52.6 Å². The lowest BCUT2D eigenvalue weighted by atomic mass is 10.3. The third-order valence-electron chi connectivity index (χ3n) is 1.54. The Labute approximate surface area is 83.9 Å². The fraction of sp³-hybridized carbons (Fsp3) is 0.600. The number of carbonyl (C=O) groups is 2. The molecule has 0 aliphatic heterocycles. The molecule has 0 radical (unpaired) electrons. The van der Waals surface area contributed by atoms with E-state index in [9.17, 15) is 9.59 Å². The molecule has 14 heavy (non-hydrogen) atoms. The van der Waals surface area contributed by atoms with Crippen molar-refractivity contribution in [3.63, 3.8) is 0 Å². The van der Waals surface area contributed by atoms with Crippen molar-refractivity contribution in [3.05, 3.63) is 12.2 Å². The van der Waals surface area contributed by atoms with E-state index in [4.69, 9.17) is 9.47 Å². The van der Waals surface area contributed by atoms with E-state index < -0.39 is 5.97 Å². The van der Waals surface area contributed by atoms with E-state index in [-0.39, 0.29) is 18.7 Å². The molecular weight excluding hydrogens is 184 g/mol. The molecule has 0 saturated carbocycles. The summed E-state index contributed by atoms with van der Waals surface area (Å²) < 4.78 is 9.73. The smallest absolute Gasteiger partial charge is 0.333 e. The Morgan fingerprint density at radius 1 is 1.36 bits per heavy atom. The summed E-state index contributed by atoms with van der Waals surface area (Å²) in [7, 11) is 0. The minimum atomic E-state index is -0.462. The van der Waals surface area contributed by atoms with Crippen LogP contribution in [0.5, 0.6) is 0 Å². The van der Waals surface area contributed by atoms with Crippen LogP contribution in [0.25, 0.3) is 0 Å². The molecule has 0 bridgehead atoms. The maximum Gasteiger partial charge on any atom is 0.333 e. The van der Waals surface area contributed by atoms with Gasteiger partial charge in [-0.25, -0.2) is 4.79 Å². The quantitative estimate of drug-likeness (QED) is 0.498. The standard InChI is InChI=1S/C10H16O4/c1-5-9(14-8(4)11)6-13-10(12)7(2)3/h9H,2,5-6H2,1,3-4H3. The zero-order valence-electron chi connectivity index (χ0n) is 8.83. The summed E-state index contributed by atoms with van der Waals surface area (Å²) in [5.74, 6) is -0.834.